The van der Waals surface area contributed by atoms with E-state index in [0.29, 0.717) is 5.56 Å². The summed E-state index contributed by atoms with van der Waals surface area (Å²) in [5.74, 6) is 0.822. The second-order valence-electron chi connectivity index (χ2n) is 11.7. The molecule has 1 aliphatic heterocycles. The highest BCUT2D eigenvalue weighted by Gasteiger charge is 2.37. The number of hydrogen-bond acceptors (Lipinski definition) is 3. The number of rotatable bonds is 7. The van der Waals surface area contributed by atoms with Crippen molar-refractivity contribution in [2.75, 3.05) is 4.90 Å². The molecule has 47 heavy (non-hydrogen) atoms. The van der Waals surface area contributed by atoms with E-state index in [-0.39, 0.29) is 0 Å². The highest BCUT2D eigenvalue weighted by atomic mass is 16.5. The van der Waals surface area contributed by atoms with Crippen molar-refractivity contribution in [2.45, 2.75) is 5.60 Å². The first-order valence-electron chi connectivity index (χ1n) is 15.8. The van der Waals surface area contributed by atoms with Gasteiger partial charge in [0.2, 0.25) is 0 Å². The lowest BCUT2D eigenvalue weighted by atomic mass is 9.83. The standard InChI is InChI=1S/C44H31NO2/c46-31-32-16-22-37(23-17-32)44(36-10-4-1-5-11-36)29-28-42-41-26-20-34(30-35(41)21-27-43(42)47-44)33-18-24-40(25-19-33)45(38-12-6-2-7-13-38)39-14-8-3-9-15-39/h1-31H. The van der Waals surface area contributed by atoms with Gasteiger partial charge in [0.1, 0.15) is 12.0 Å². The van der Waals surface area contributed by atoms with Crippen LogP contribution in [-0.4, -0.2) is 6.29 Å². The molecule has 0 amide bonds. The number of para-hydroxylation sites is 2. The van der Waals surface area contributed by atoms with E-state index in [1.54, 1.807) is 0 Å². The number of aldehydes is 1. The van der Waals surface area contributed by atoms with Crippen LogP contribution >= 0.6 is 0 Å². The van der Waals surface area contributed by atoms with Crippen LogP contribution < -0.4 is 9.64 Å². The van der Waals surface area contributed by atoms with Crippen LogP contribution in [-0.2, 0) is 5.60 Å². The second kappa shape index (κ2) is 12.0. The fraction of sp³-hybridized carbons (Fsp3) is 0.0227. The monoisotopic (exact) mass is 605 g/mol. The van der Waals surface area contributed by atoms with Gasteiger partial charge in [-0.1, -0.05) is 121 Å². The van der Waals surface area contributed by atoms with E-state index in [4.69, 9.17) is 4.74 Å². The Morgan fingerprint density at radius 1 is 0.532 bits per heavy atom. The number of carbonyl (C=O) groups is 1. The second-order valence-corrected chi connectivity index (χ2v) is 11.7. The van der Waals surface area contributed by atoms with Crippen LogP contribution in [0.3, 0.4) is 0 Å². The molecular formula is C44H31NO2. The number of hydrogen-bond donors (Lipinski definition) is 0. The normalized spacial score (nSPS) is 15.1. The molecule has 224 valence electrons. The molecule has 0 aromatic heterocycles. The predicted molar refractivity (Wildman–Crippen MR) is 193 cm³/mol. The third-order valence-corrected chi connectivity index (χ3v) is 8.94. The third-order valence-electron chi connectivity index (χ3n) is 8.94. The van der Waals surface area contributed by atoms with Gasteiger partial charge in [-0.15, -0.1) is 0 Å². The quantitative estimate of drug-likeness (QED) is 0.169. The van der Waals surface area contributed by atoms with E-state index in [9.17, 15) is 4.79 Å². The first-order valence-corrected chi connectivity index (χ1v) is 15.8. The van der Waals surface area contributed by atoms with Crippen LogP contribution in [0.2, 0.25) is 0 Å². The Balaban J connectivity index is 1.14. The van der Waals surface area contributed by atoms with Gasteiger partial charge in [-0.2, -0.15) is 0 Å². The van der Waals surface area contributed by atoms with Crippen LogP contribution in [0.5, 0.6) is 5.75 Å². The fourth-order valence-corrected chi connectivity index (χ4v) is 6.56. The first-order chi connectivity index (χ1) is 23.2. The molecule has 0 radical (unpaired) electrons. The van der Waals surface area contributed by atoms with Crippen molar-refractivity contribution >= 4 is 40.2 Å². The minimum atomic E-state index is -0.807. The maximum Gasteiger partial charge on any atom is 0.178 e. The Kier molecular flexibility index (Phi) is 7.20. The number of benzene rings is 7. The molecule has 7 aromatic carbocycles. The number of carbonyl (C=O) groups excluding carboxylic acids is 1. The van der Waals surface area contributed by atoms with Gasteiger partial charge in [0.15, 0.2) is 5.60 Å². The summed E-state index contributed by atoms with van der Waals surface area (Å²) in [6, 6.07) is 58.4. The van der Waals surface area contributed by atoms with Gasteiger partial charge in [-0.05, 0) is 82.6 Å². The smallest absolute Gasteiger partial charge is 0.178 e. The molecule has 0 spiro atoms. The van der Waals surface area contributed by atoms with E-state index in [2.05, 4.69) is 132 Å². The molecule has 0 saturated heterocycles. The summed E-state index contributed by atoms with van der Waals surface area (Å²) in [4.78, 5) is 13.6. The Morgan fingerprint density at radius 3 is 1.74 bits per heavy atom. The van der Waals surface area contributed by atoms with Crippen molar-refractivity contribution in [3.05, 3.63) is 198 Å². The summed E-state index contributed by atoms with van der Waals surface area (Å²) in [6.07, 6.45) is 5.18. The van der Waals surface area contributed by atoms with Crippen LogP contribution in [0.4, 0.5) is 17.1 Å². The van der Waals surface area contributed by atoms with Crippen molar-refractivity contribution in [1.82, 2.24) is 0 Å². The minimum absolute atomic E-state index is 0.637. The highest BCUT2D eigenvalue weighted by molar-refractivity contribution is 5.96. The molecule has 1 heterocycles. The molecule has 0 saturated carbocycles. The maximum atomic E-state index is 11.3. The van der Waals surface area contributed by atoms with E-state index in [0.717, 1.165) is 67.7 Å². The van der Waals surface area contributed by atoms with Gasteiger partial charge in [-0.25, -0.2) is 0 Å². The lowest BCUT2D eigenvalue weighted by molar-refractivity contribution is 0.112. The molecule has 0 bridgehead atoms. The average molecular weight is 606 g/mol. The molecular weight excluding hydrogens is 574 g/mol. The van der Waals surface area contributed by atoms with Gasteiger partial charge >= 0.3 is 0 Å². The highest BCUT2D eigenvalue weighted by Crippen LogP contribution is 2.45. The molecule has 1 atom stereocenters. The van der Waals surface area contributed by atoms with Crippen LogP contribution in [0.1, 0.15) is 27.0 Å². The molecule has 0 aliphatic carbocycles. The summed E-state index contributed by atoms with van der Waals surface area (Å²) in [6.45, 7) is 0. The van der Waals surface area contributed by atoms with E-state index < -0.39 is 5.60 Å². The molecule has 3 heteroatoms. The van der Waals surface area contributed by atoms with Crippen molar-refractivity contribution in [3.63, 3.8) is 0 Å². The molecule has 1 unspecified atom stereocenters. The molecule has 3 nitrogen and oxygen atoms in total. The van der Waals surface area contributed by atoms with Crippen LogP contribution in [0, 0.1) is 0 Å². The summed E-state index contributed by atoms with van der Waals surface area (Å²) in [5, 5.41) is 2.28. The summed E-state index contributed by atoms with van der Waals surface area (Å²) in [5.41, 5.74) is 8.53. The van der Waals surface area contributed by atoms with Gasteiger partial charge in [0.25, 0.3) is 0 Å². The molecule has 0 fully saturated rings. The predicted octanol–water partition coefficient (Wildman–Crippen LogP) is 11.1. The lowest BCUT2D eigenvalue weighted by Gasteiger charge is -2.36. The zero-order valence-electron chi connectivity index (χ0n) is 25.7. The zero-order valence-corrected chi connectivity index (χ0v) is 25.7. The Hall–Kier alpha value is -6.19. The Bertz CT molecular complexity index is 2170. The third kappa shape index (κ3) is 5.18. The Morgan fingerprint density at radius 2 is 1.11 bits per heavy atom. The number of fused-ring (bicyclic) bond motifs is 3. The minimum Gasteiger partial charge on any atom is -0.473 e. The largest absolute Gasteiger partial charge is 0.473 e. The average Bonchev–Trinajstić information content (AvgIpc) is 3.16. The van der Waals surface area contributed by atoms with Crippen molar-refractivity contribution in [1.29, 1.82) is 0 Å². The number of ether oxygens (including phenoxy) is 1. The first kappa shape index (κ1) is 28.3. The maximum absolute atomic E-state index is 11.3. The number of anilines is 3. The van der Waals surface area contributed by atoms with Gasteiger partial charge in [-0.3, -0.25) is 4.79 Å². The molecule has 7 aromatic rings. The van der Waals surface area contributed by atoms with Crippen molar-refractivity contribution < 1.29 is 9.53 Å². The van der Waals surface area contributed by atoms with Crippen LogP contribution in [0.15, 0.2) is 176 Å². The lowest BCUT2D eigenvalue weighted by Crippen LogP contribution is -2.34. The summed E-state index contributed by atoms with van der Waals surface area (Å²) >= 11 is 0. The van der Waals surface area contributed by atoms with Crippen molar-refractivity contribution in [2.24, 2.45) is 0 Å². The van der Waals surface area contributed by atoms with Crippen LogP contribution in [0.25, 0.3) is 28.0 Å². The van der Waals surface area contributed by atoms with Crippen molar-refractivity contribution in [3.8, 4) is 16.9 Å². The van der Waals surface area contributed by atoms with Gasteiger partial charge in [0.05, 0.1) is 0 Å². The number of nitrogens with zero attached hydrogens (tertiary/aromatic N) is 1. The summed E-state index contributed by atoms with van der Waals surface area (Å²) < 4.78 is 6.92. The molecule has 1 aliphatic rings. The molecule has 8 rings (SSSR count). The van der Waals surface area contributed by atoms with E-state index >= 15 is 0 Å². The SMILES string of the molecule is O=Cc1ccc(C2(c3ccccc3)C=Cc3c(ccc4cc(-c5ccc(N(c6ccccc6)c6ccccc6)cc5)ccc34)O2)cc1. The van der Waals surface area contributed by atoms with E-state index in [1.807, 2.05) is 54.6 Å². The zero-order chi connectivity index (χ0) is 31.6. The fourth-order valence-electron chi connectivity index (χ4n) is 6.56. The van der Waals surface area contributed by atoms with E-state index in [1.165, 1.54) is 0 Å². The summed E-state index contributed by atoms with van der Waals surface area (Å²) in [7, 11) is 0. The van der Waals surface area contributed by atoms with Gasteiger partial charge in [0, 0.05) is 39.3 Å². The molecule has 0 N–H and O–H groups in total. The Labute approximate surface area is 274 Å². The topological polar surface area (TPSA) is 29.5 Å². The van der Waals surface area contributed by atoms with Gasteiger partial charge < -0.3 is 9.64 Å².